The SMILES string of the molecule is OCCN(CCO)CCCCc1ccc(CSc2ccccc2)cc1. The van der Waals surface area contributed by atoms with Crippen LogP contribution in [-0.2, 0) is 12.2 Å². The highest BCUT2D eigenvalue weighted by Crippen LogP contribution is 2.22. The molecule has 0 amide bonds. The Kier molecular flexibility index (Phi) is 9.67. The maximum absolute atomic E-state index is 9.02. The zero-order chi connectivity index (χ0) is 17.7. The van der Waals surface area contributed by atoms with Gasteiger partial charge in [-0.05, 0) is 49.1 Å². The Balaban J connectivity index is 1.67. The van der Waals surface area contributed by atoms with Gasteiger partial charge in [0, 0.05) is 23.7 Å². The van der Waals surface area contributed by atoms with Gasteiger partial charge in [-0.15, -0.1) is 11.8 Å². The van der Waals surface area contributed by atoms with Crippen molar-refractivity contribution < 1.29 is 10.2 Å². The van der Waals surface area contributed by atoms with E-state index in [4.69, 9.17) is 10.2 Å². The molecule has 2 rings (SSSR count). The van der Waals surface area contributed by atoms with Crippen LogP contribution in [0.25, 0.3) is 0 Å². The lowest BCUT2D eigenvalue weighted by Crippen LogP contribution is -2.30. The molecule has 0 aliphatic heterocycles. The van der Waals surface area contributed by atoms with E-state index in [9.17, 15) is 0 Å². The lowest BCUT2D eigenvalue weighted by molar-refractivity contribution is 0.159. The highest BCUT2D eigenvalue weighted by Gasteiger charge is 2.03. The number of aryl methyl sites for hydroxylation is 1. The first-order valence-electron chi connectivity index (χ1n) is 9.01. The Morgan fingerprint density at radius 3 is 2.00 bits per heavy atom. The number of nitrogens with zero attached hydrogens (tertiary/aromatic N) is 1. The molecule has 4 heteroatoms. The van der Waals surface area contributed by atoms with Crippen molar-refractivity contribution in [2.45, 2.75) is 29.9 Å². The van der Waals surface area contributed by atoms with Crippen LogP contribution in [0.4, 0.5) is 0 Å². The lowest BCUT2D eigenvalue weighted by Gasteiger charge is -2.19. The first-order chi connectivity index (χ1) is 12.3. The summed E-state index contributed by atoms with van der Waals surface area (Å²) in [5.41, 5.74) is 2.74. The van der Waals surface area contributed by atoms with Crippen LogP contribution in [0, 0.1) is 0 Å². The van der Waals surface area contributed by atoms with Crippen molar-refractivity contribution >= 4 is 11.8 Å². The molecule has 25 heavy (non-hydrogen) atoms. The van der Waals surface area contributed by atoms with E-state index in [-0.39, 0.29) is 13.2 Å². The maximum atomic E-state index is 9.02. The minimum absolute atomic E-state index is 0.155. The van der Waals surface area contributed by atoms with Crippen molar-refractivity contribution in [1.29, 1.82) is 0 Å². The molecule has 0 heterocycles. The summed E-state index contributed by atoms with van der Waals surface area (Å²) < 4.78 is 0. The van der Waals surface area contributed by atoms with Crippen molar-refractivity contribution in [3.8, 4) is 0 Å². The Morgan fingerprint density at radius 2 is 1.36 bits per heavy atom. The molecule has 2 aromatic carbocycles. The monoisotopic (exact) mass is 359 g/mol. The second-order valence-corrected chi connectivity index (χ2v) is 7.21. The van der Waals surface area contributed by atoms with Gasteiger partial charge >= 0.3 is 0 Å². The maximum Gasteiger partial charge on any atom is 0.0558 e. The smallest absolute Gasteiger partial charge is 0.0558 e. The van der Waals surface area contributed by atoms with Gasteiger partial charge in [-0.25, -0.2) is 0 Å². The van der Waals surface area contributed by atoms with Crippen LogP contribution >= 0.6 is 11.8 Å². The normalized spacial score (nSPS) is 11.2. The van der Waals surface area contributed by atoms with Crippen LogP contribution in [0.15, 0.2) is 59.5 Å². The van der Waals surface area contributed by atoms with Gasteiger partial charge in [-0.1, -0.05) is 42.5 Å². The molecule has 0 saturated carbocycles. The summed E-state index contributed by atoms with van der Waals surface area (Å²) in [6, 6.07) is 19.4. The van der Waals surface area contributed by atoms with Crippen LogP contribution < -0.4 is 0 Å². The standard InChI is InChI=1S/C21H29NO2S/c23-16-14-22(15-17-24)13-5-4-6-19-9-11-20(12-10-19)18-25-21-7-2-1-3-8-21/h1-3,7-12,23-24H,4-6,13-18H2. The quantitative estimate of drug-likeness (QED) is 0.449. The topological polar surface area (TPSA) is 43.7 Å². The Labute approximate surface area is 155 Å². The summed E-state index contributed by atoms with van der Waals surface area (Å²) in [6.45, 7) is 2.54. The second kappa shape index (κ2) is 12.1. The molecule has 2 aromatic rings. The first-order valence-corrected chi connectivity index (χ1v) is 10.00. The van der Waals surface area contributed by atoms with E-state index >= 15 is 0 Å². The van der Waals surface area contributed by atoms with E-state index in [1.807, 2.05) is 17.8 Å². The van der Waals surface area contributed by atoms with Crippen molar-refractivity contribution in [2.24, 2.45) is 0 Å². The van der Waals surface area contributed by atoms with E-state index in [1.54, 1.807) is 0 Å². The third-order valence-corrected chi connectivity index (χ3v) is 5.28. The van der Waals surface area contributed by atoms with Gasteiger partial charge in [0.1, 0.15) is 0 Å². The van der Waals surface area contributed by atoms with Gasteiger partial charge in [0.25, 0.3) is 0 Å². The van der Waals surface area contributed by atoms with E-state index in [2.05, 4.69) is 53.4 Å². The summed E-state index contributed by atoms with van der Waals surface area (Å²) in [6.07, 6.45) is 3.30. The predicted octanol–water partition coefficient (Wildman–Crippen LogP) is 3.59. The van der Waals surface area contributed by atoms with Gasteiger partial charge in [0.15, 0.2) is 0 Å². The molecule has 0 spiro atoms. The molecule has 0 aromatic heterocycles. The van der Waals surface area contributed by atoms with Crippen molar-refractivity contribution in [2.75, 3.05) is 32.8 Å². The average molecular weight is 360 g/mol. The van der Waals surface area contributed by atoms with Gasteiger partial charge < -0.3 is 10.2 Å². The number of hydrogen-bond donors (Lipinski definition) is 2. The zero-order valence-electron chi connectivity index (χ0n) is 14.8. The molecule has 2 N–H and O–H groups in total. The molecular weight excluding hydrogens is 330 g/mol. The molecule has 0 atom stereocenters. The summed E-state index contributed by atoms with van der Waals surface area (Å²) in [7, 11) is 0. The largest absolute Gasteiger partial charge is 0.395 e. The Morgan fingerprint density at radius 1 is 0.720 bits per heavy atom. The van der Waals surface area contributed by atoms with Crippen LogP contribution in [0.2, 0.25) is 0 Å². The number of thioether (sulfide) groups is 1. The van der Waals surface area contributed by atoms with Crippen molar-refractivity contribution in [3.05, 3.63) is 65.7 Å². The molecule has 0 aliphatic rings. The highest BCUT2D eigenvalue weighted by atomic mass is 32.2. The van der Waals surface area contributed by atoms with Crippen LogP contribution in [0.3, 0.4) is 0 Å². The van der Waals surface area contributed by atoms with Crippen LogP contribution in [0.1, 0.15) is 24.0 Å². The molecule has 3 nitrogen and oxygen atoms in total. The summed E-state index contributed by atoms with van der Waals surface area (Å²) >= 11 is 1.87. The fourth-order valence-electron chi connectivity index (χ4n) is 2.77. The predicted molar refractivity (Wildman–Crippen MR) is 106 cm³/mol. The van der Waals surface area contributed by atoms with E-state index < -0.39 is 0 Å². The molecule has 0 radical (unpaired) electrons. The number of rotatable bonds is 12. The minimum atomic E-state index is 0.155. The first kappa shape index (κ1) is 20.0. The van der Waals surface area contributed by atoms with Crippen LogP contribution in [-0.4, -0.2) is 48.0 Å². The number of aliphatic hydroxyl groups excluding tert-OH is 2. The van der Waals surface area contributed by atoms with Crippen molar-refractivity contribution in [3.63, 3.8) is 0 Å². The molecule has 0 aliphatic carbocycles. The van der Waals surface area contributed by atoms with Crippen molar-refractivity contribution in [1.82, 2.24) is 4.90 Å². The van der Waals surface area contributed by atoms with E-state index in [1.165, 1.54) is 16.0 Å². The third kappa shape index (κ3) is 8.06. The number of unbranched alkanes of at least 4 members (excludes halogenated alkanes) is 1. The lowest BCUT2D eigenvalue weighted by atomic mass is 10.1. The van der Waals surface area contributed by atoms with E-state index in [0.717, 1.165) is 31.6 Å². The zero-order valence-corrected chi connectivity index (χ0v) is 15.6. The third-order valence-electron chi connectivity index (χ3n) is 4.19. The number of benzene rings is 2. The molecule has 136 valence electrons. The second-order valence-electron chi connectivity index (χ2n) is 6.16. The van der Waals surface area contributed by atoms with E-state index in [0.29, 0.717) is 13.1 Å². The minimum Gasteiger partial charge on any atom is -0.395 e. The molecule has 0 saturated heterocycles. The fourth-order valence-corrected chi connectivity index (χ4v) is 3.64. The Hall–Kier alpha value is -1.33. The number of hydrogen-bond acceptors (Lipinski definition) is 4. The molecule has 0 unspecified atom stereocenters. The molecule has 0 bridgehead atoms. The summed E-state index contributed by atoms with van der Waals surface area (Å²) in [5.74, 6) is 1.00. The molecule has 0 fully saturated rings. The van der Waals surface area contributed by atoms with Crippen LogP contribution in [0.5, 0.6) is 0 Å². The van der Waals surface area contributed by atoms with Gasteiger partial charge in [-0.3, -0.25) is 4.90 Å². The summed E-state index contributed by atoms with van der Waals surface area (Å²) in [4.78, 5) is 3.42. The van der Waals surface area contributed by atoms with Gasteiger partial charge in [0.05, 0.1) is 13.2 Å². The molecular formula is C21H29NO2S. The fraction of sp³-hybridized carbons (Fsp3) is 0.429. The van der Waals surface area contributed by atoms with Gasteiger partial charge in [0.2, 0.25) is 0 Å². The average Bonchev–Trinajstić information content (AvgIpc) is 2.65. The number of aliphatic hydroxyl groups is 2. The Bertz CT molecular complexity index is 568. The van der Waals surface area contributed by atoms with Gasteiger partial charge in [-0.2, -0.15) is 0 Å². The summed E-state index contributed by atoms with van der Waals surface area (Å²) in [5, 5.41) is 18.0. The highest BCUT2D eigenvalue weighted by molar-refractivity contribution is 7.98.